The Bertz CT molecular complexity index is 372. The molecule has 1 aliphatic rings. The van der Waals surface area contributed by atoms with E-state index in [-0.39, 0.29) is 31.2 Å². The van der Waals surface area contributed by atoms with E-state index in [0.717, 1.165) is 12.8 Å². The first kappa shape index (κ1) is 16.4. The van der Waals surface area contributed by atoms with Gasteiger partial charge in [-0.1, -0.05) is 6.42 Å². The molecule has 7 heteroatoms. The highest BCUT2D eigenvalue weighted by Crippen LogP contribution is 2.19. The largest absolute Gasteiger partial charge is 0.480 e. The number of nitrogens with one attached hydrogen (secondary N) is 1. The summed E-state index contributed by atoms with van der Waals surface area (Å²) in [4.78, 5) is 34.8. The van der Waals surface area contributed by atoms with Crippen molar-refractivity contribution >= 4 is 17.8 Å². The van der Waals surface area contributed by atoms with E-state index >= 15 is 0 Å². The second-order valence-corrected chi connectivity index (χ2v) is 5.08. The van der Waals surface area contributed by atoms with Gasteiger partial charge in [-0.2, -0.15) is 0 Å². The molecule has 0 spiro atoms. The number of hydrogen-bond donors (Lipinski definition) is 3. The molecule has 0 bridgehead atoms. The number of carboxylic acid groups (broad SMARTS) is 1. The fourth-order valence-corrected chi connectivity index (χ4v) is 2.31. The quantitative estimate of drug-likeness (QED) is 0.558. The zero-order chi connectivity index (χ0) is 15.1. The average molecular weight is 286 g/mol. The molecule has 0 radical (unpaired) electrons. The van der Waals surface area contributed by atoms with Crippen molar-refractivity contribution in [1.82, 2.24) is 10.2 Å². The maximum Gasteiger partial charge on any atom is 0.326 e. The average Bonchev–Trinajstić information content (AvgIpc) is 2.75. The van der Waals surface area contributed by atoms with E-state index in [1.165, 1.54) is 11.8 Å². The predicted molar refractivity (Wildman–Crippen MR) is 70.9 cm³/mol. The Morgan fingerprint density at radius 3 is 2.55 bits per heavy atom. The van der Waals surface area contributed by atoms with Gasteiger partial charge in [-0.15, -0.1) is 0 Å². The van der Waals surface area contributed by atoms with E-state index in [9.17, 15) is 19.5 Å². The highest BCUT2D eigenvalue weighted by molar-refractivity contribution is 5.84. The van der Waals surface area contributed by atoms with Crippen LogP contribution in [0.25, 0.3) is 0 Å². The van der Waals surface area contributed by atoms with Crippen molar-refractivity contribution < 1.29 is 24.6 Å². The number of unbranched alkanes of at least 4 members (excludes halogenated alkanes) is 2. The van der Waals surface area contributed by atoms with Crippen LogP contribution in [0.15, 0.2) is 0 Å². The SMILES string of the molecule is CC(=O)NCCCCCC(=O)N1C[C@H](O)C[C@H]1C(=O)O. The number of likely N-dealkylation sites (tertiary alicyclic amines) is 1. The highest BCUT2D eigenvalue weighted by Gasteiger charge is 2.38. The lowest BCUT2D eigenvalue weighted by atomic mass is 10.1. The van der Waals surface area contributed by atoms with E-state index in [0.29, 0.717) is 13.0 Å². The van der Waals surface area contributed by atoms with Crippen LogP contribution in [0.5, 0.6) is 0 Å². The van der Waals surface area contributed by atoms with Gasteiger partial charge < -0.3 is 20.4 Å². The zero-order valence-electron chi connectivity index (χ0n) is 11.7. The minimum atomic E-state index is -1.07. The number of carbonyl (C=O) groups is 3. The van der Waals surface area contributed by atoms with Crippen LogP contribution < -0.4 is 5.32 Å². The summed E-state index contributed by atoms with van der Waals surface area (Å²) in [5.74, 6) is -1.37. The molecular formula is C13H22N2O5. The third kappa shape index (κ3) is 5.16. The van der Waals surface area contributed by atoms with Crippen LogP contribution in [0, 0.1) is 0 Å². The molecular weight excluding hydrogens is 264 g/mol. The Morgan fingerprint density at radius 1 is 1.25 bits per heavy atom. The van der Waals surface area contributed by atoms with Gasteiger partial charge in [0.05, 0.1) is 6.10 Å². The van der Waals surface area contributed by atoms with Gasteiger partial charge >= 0.3 is 5.97 Å². The van der Waals surface area contributed by atoms with Gasteiger partial charge in [0.2, 0.25) is 11.8 Å². The number of nitrogens with zero attached hydrogens (tertiary/aromatic N) is 1. The number of carbonyl (C=O) groups excluding carboxylic acids is 2. The molecule has 0 aromatic carbocycles. The molecule has 0 aromatic rings. The first-order valence-electron chi connectivity index (χ1n) is 6.86. The number of rotatable bonds is 7. The molecule has 114 valence electrons. The second-order valence-electron chi connectivity index (χ2n) is 5.08. The van der Waals surface area contributed by atoms with Gasteiger partial charge in [0.25, 0.3) is 0 Å². The van der Waals surface area contributed by atoms with Crippen LogP contribution in [0.2, 0.25) is 0 Å². The Labute approximate surface area is 117 Å². The predicted octanol–water partition coefficient (Wildman–Crippen LogP) is -0.271. The summed E-state index contributed by atoms with van der Waals surface area (Å²) in [6.07, 6.45) is 1.86. The Kier molecular flexibility index (Phi) is 6.44. The number of hydrogen-bond acceptors (Lipinski definition) is 4. The number of β-amino-alcohol motifs (C(OH)–C–C–N with tert-alkyl or cyclic N) is 1. The Morgan fingerprint density at radius 2 is 1.95 bits per heavy atom. The molecule has 1 heterocycles. The molecule has 1 fully saturated rings. The van der Waals surface area contributed by atoms with Gasteiger partial charge in [0.1, 0.15) is 6.04 Å². The summed E-state index contributed by atoms with van der Waals surface area (Å²) in [5, 5.41) is 21.1. The molecule has 7 nitrogen and oxygen atoms in total. The van der Waals surface area contributed by atoms with Crippen molar-refractivity contribution in [2.75, 3.05) is 13.1 Å². The van der Waals surface area contributed by atoms with Crippen LogP contribution >= 0.6 is 0 Å². The number of amides is 2. The van der Waals surface area contributed by atoms with Crippen molar-refractivity contribution in [2.24, 2.45) is 0 Å². The lowest BCUT2D eigenvalue weighted by molar-refractivity contribution is -0.148. The van der Waals surface area contributed by atoms with E-state index in [1.54, 1.807) is 0 Å². The first-order valence-corrected chi connectivity index (χ1v) is 6.86. The van der Waals surface area contributed by atoms with Gasteiger partial charge in [-0.25, -0.2) is 4.79 Å². The van der Waals surface area contributed by atoms with Crippen LogP contribution in [0.3, 0.4) is 0 Å². The smallest absolute Gasteiger partial charge is 0.326 e. The lowest BCUT2D eigenvalue weighted by Crippen LogP contribution is -2.40. The summed E-state index contributed by atoms with van der Waals surface area (Å²) in [5.41, 5.74) is 0. The van der Waals surface area contributed by atoms with Crippen molar-refractivity contribution in [3.05, 3.63) is 0 Å². The van der Waals surface area contributed by atoms with Crippen molar-refractivity contribution in [1.29, 1.82) is 0 Å². The molecule has 1 saturated heterocycles. The van der Waals surface area contributed by atoms with Gasteiger partial charge in [-0.3, -0.25) is 9.59 Å². The fraction of sp³-hybridized carbons (Fsp3) is 0.769. The van der Waals surface area contributed by atoms with Crippen LogP contribution in [-0.2, 0) is 14.4 Å². The summed E-state index contributed by atoms with van der Waals surface area (Å²) in [7, 11) is 0. The van der Waals surface area contributed by atoms with E-state index in [4.69, 9.17) is 5.11 Å². The highest BCUT2D eigenvalue weighted by atomic mass is 16.4. The van der Waals surface area contributed by atoms with Crippen LogP contribution in [0.1, 0.15) is 39.0 Å². The summed E-state index contributed by atoms with van der Waals surface area (Å²) in [6.45, 7) is 2.14. The van der Waals surface area contributed by atoms with E-state index in [1.807, 2.05) is 0 Å². The number of carboxylic acids is 1. The number of aliphatic carboxylic acids is 1. The molecule has 2 atom stereocenters. The van der Waals surface area contributed by atoms with E-state index < -0.39 is 18.1 Å². The lowest BCUT2D eigenvalue weighted by Gasteiger charge is -2.21. The Balaban J connectivity index is 2.25. The molecule has 20 heavy (non-hydrogen) atoms. The molecule has 1 rings (SSSR count). The first-order chi connectivity index (χ1) is 9.41. The van der Waals surface area contributed by atoms with Crippen LogP contribution in [-0.4, -0.2) is 58.1 Å². The molecule has 1 aliphatic heterocycles. The van der Waals surface area contributed by atoms with Gasteiger partial charge in [0, 0.05) is 32.9 Å². The standard InChI is InChI=1S/C13H22N2O5/c1-9(16)14-6-4-2-3-5-12(18)15-8-10(17)7-11(15)13(19)20/h10-11,17H,2-8H2,1H3,(H,14,16)(H,19,20)/t10-,11+/m1/s1. The third-order valence-corrected chi connectivity index (χ3v) is 3.33. The third-order valence-electron chi connectivity index (χ3n) is 3.33. The summed E-state index contributed by atoms with van der Waals surface area (Å²) in [6, 6.07) is -0.906. The molecule has 0 aromatic heterocycles. The zero-order valence-corrected chi connectivity index (χ0v) is 11.7. The molecule has 0 aliphatic carbocycles. The fourth-order valence-electron chi connectivity index (χ4n) is 2.31. The second kappa shape index (κ2) is 7.84. The molecule has 0 saturated carbocycles. The number of aliphatic hydroxyl groups is 1. The van der Waals surface area contributed by atoms with Gasteiger partial charge in [-0.05, 0) is 12.8 Å². The van der Waals surface area contributed by atoms with E-state index in [2.05, 4.69) is 5.32 Å². The number of aliphatic hydroxyl groups excluding tert-OH is 1. The minimum Gasteiger partial charge on any atom is -0.480 e. The minimum absolute atomic E-state index is 0.0727. The summed E-state index contributed by atoms with van der Waals surface area (Å²) >= 11 is 0. The van der Waals surface area contributed by atoms with Gasteiger partial charge in [0.15, 0.2) is 0 Å². The normalized spacial score (nSPS) is 21.8. The van der Waals surface area contributed by atoms with Crippen molar-refractivity contribution in [3.63, 3.8) is 0 Å². The summed E-state index contributed by atoms with van der Waals surface area (Å²) < 4.78 is 0. The maximum absolute atomic E-state index is 11.9. The Hall–Kier alpha value is -1.63. The van der Waals surface area contributed by atoms with Crippen molar-refractivity contribution in [3.8, 4) is 0 Å². The molecule has 2 amide bonds. The monoisotopic (exact) mass is 286 g/mol. The van der Waals surface area contributed by atoms with Crippen LogP contribution in [0.4, 0.5) is 0 Å². The molecule has 0 unspecified atom stereocenters. The molecule has 3 N–H and O–H groups in total. The van der Waals surface area contributed by atoms with Crippen molar-refractivity contribution in [2.45, 2.75) is 51.2 Å². The topological polar surface area (TPSA) is 107 Å². The maximum atomic E-state index is 11.9.